The Morgan fingerprint density at radius 2 is 2.32 bits per heavy atom. The van der Waals surface area contributed by atoms with Gasteiger partial charge in [0.05, 0.1) is 5.56 Å². The Labute approximate surface area is 113 Å². The Hall–Kier alpha value is -1.44. The van der Waals surface area contributed by atoms with E-state index in [1.807, 2.05) is 6.07 Å². The zero-order chi connectivity index (χ0) is 13.8. The van der Waals surface area contributed by atoms with Crippen molar-refractivity contribution in [2.75, 3.05) is 13.1 Å². The van der Waals surface area contributed by atoms with Crippen molar-refractivity contribution in [1.29, 1.82) is 5.26 Å². The molecule has 2 N–H and O–H groups in total. The molecular formula is C15H20FN3. The van der Waals surface area contributed by atoms with E-state index in [0.29, 0.717) is 18.5 Å². The van der Waals surface area contributed by atoms with Crippen LogP contribution in [-0.2, 0) is 6.54 Å². The maximum atomic E-state index is 13.3. The summed E-state index contributed by atoms with van der Waals surface area (Å²) in [4.78, 5) is 2.35. The van der Waals surface area contributed by atoms with Crippen LogP contribution in [0.2, 0.25) is 0 Å². The molecule has 4 heteroatoms. The SMILES string of the molecule is CC1CCCN(Cc2ccc(F)c(C#N)c2)C1CN. The normalized spacial score (nSPS) is 24.1. The van der Waals surface area contributed by atoms with E-state index < -0.39 is 5.82 Å². The molecule has 0 saturated carbocycles. The third-order valence-corrected chi connectivity index (χ3v) is 4.01. The number of benzene rings is 1. The van der Waals surface area contributed by atoms with Gasteiger partial charge in [0, 0.05) is 19.1 Å². The van der Waals surface area contributed by atoms with E-state index in [2.05, 4.69) is 11.8 Å². The molecule has 1 fully saturated rings. The van der Waals surface area contributed by atoms with Gasteiger partial charge >= 0.3 is 0 Å². The lowest BCUT2D eigenvalue weighted by Gasteiger charge is -2.39. The highest BCUT2D eigenvalue weighted by Crippen LogP contribution is 2.24. The molecular weight excluding hydrogens is 241 g/mol. The summed E-state index contributed by atoms with van der Waals surface area (Å²) in [5.41, 5.74) is 6.96. The standard InChI is InChI=1S/C15H20FN3/c1-11-3-2-6-19(15(11)9-18)10-12-4-5-14(16)13(7-12)8-17/h4-5,7,11,15H,2-3,6,9-10,18H2,1H3. The van der Waals surface area contributed by atoms with Crippen molar-refractivity contribution in [1.82, 2.24) is 4.90 Å². The van der Waals surface area contributed by atoms with Crippen molar-refractivity contribution < 1.29 is 4.39 Å². The number of halogens is 1. The summed E-state index contributed by atoms with van der Waals surface area (Å²) in [5.74, 6) is 0.142. The van der Waals surface area contributed by atoms with Crippen LogP contribution in [0.4, 0.5) is 4.39 Å². The van der Waals surface area contributed by atoms with Gasteiger partial charge in [-0.1, -0.05) is 13.0 Å². The molecule has 1 aliphatic rings. The van der Waals surface area contributed by atoms with Crippen molar-refractivity contribution in [3.63, 3.8) is 0 Å². The van der Waals surface area contributed by atoms with Gasteiger partial charge in [0.15, 0.2) is 0 Å². The average molecular weight is 261 g/mol. The van der Waals surface area contributed by atoms with E-state index in [0.717, 1.165) is 18.7 Å². The van der Waals surface area contributed by atoms with Crippen LogP contribution >= 0.6 is 0 Å². The fourth-order valence-electron chi connectivity index (χ4n) is 2.90. The summed E-state index contributed by atoms with van der Waals surface area (Å²) in [6, 6.07) is 7.04. The van der Waals surface area contributed by atoms with Gasteiger partial charge in [0.1, 0.15) is 11.9 Å². The number of hydrogen-bond acceptors (Lipinski definition) is 3. The molecule has 19 heavy (non-hydrogen) atoms. The molecule has 1 heterocycles. The Morgan fingerprint density at radius 1 is 1.53 bits per heavy atom. The lowest BCUT2D eigenvalue weighted by Crippen LogP contribution is -2.48. The van der Waals surface area contributed by atoms with Gasteiger partial charge in [0.25, 0.3) is 0 Å². The second-order valence-electron chi connectivity index (χ2n) is 5.32. The lowest BCUT2D eigenvalue weighted by molar-refractivity contribution is 0.0990. The smallest absolute Gasteiger partial charge is 0.140 e. The molecule has 2 rings (SSSR count). The molecule has 0 aromatic heterocycles. The third-order valence-electron chi connectivity index (χ3n) is 4.01. The summed E-state index contributed by atoms with van der Waals surface area (Å²) >= 11 is 0. The van der Waals surface area contributed by atoms with Gasteiger partial charge < -0.3 is 5.73 Å². The molecule has 0 radical (unpaired) electrons. The molecule has 1 aliphatic heterocycles. The molecule has 1 aromatic rings. The highest BCUT2D eigenvalue weighted by atomic mass is 19.1. The zero-order valence-electron chi connectivity index (χ0n) is 11.3. The first-order valence-corrected chi connectivity index (χ1v) is 6.78. The Bertz CT molecular complexity index is 481. The van der Waals surface area contributed by atoms with Crippen LogP contribution in [0.5, 0.6) is 0 Å². The second-order valence-corrected chi connectivity index (χ2v) is 5.32. The topological polar surface area (TPSA) is 53.0 Å². The van der Waals surface area contributed by atoms with Gasteiger partial charge in [-0.05, 0) is 43.0 Å². The van der Waals surface area contributed by atoms with Crippen LogP contribution < -0.4 is 5.73 Å². The maximum absolute atomic E-state index is 13.3. The van der Waals surface area contributed by atoms with E-state index in [9.17, 15) is 4.39 Å². The van der Waals surface area contributed by atoms with E-state index in [1.165, 1.54) is 18.9 Å². The Morgan fingerprint density at radius 3 is 3.00 bits per heavy atom. The molecule has 0 spiro atoms. The van der Waals surface area contributed by atoms with E-state index in [4.69, 9.17) is 11.0 Å². The minimum atomic E-state index is -0.450. The fourth-order valence-corrected chi connectivity index (χ4v) is 2.90. The van der Waals surface area contributed by atoms with Crippen LogP contribution in [0.1, 0.15) is 30.9 Å². The van der Waals surface area contributed by atoms with Gasteiger partial charge in [-0.2, -0.15) is 5.26 Å². The third kappa shape index (κ3) is 3.12. The molecule has 0 amide bonds. The van der Waals surface area contributed by atoms with Crippen LogP contribution in [0.15, 0.2) is 18.2 Å². The molecule has 1 aromatic carbocycles. The minimum Gasteiger partial charge on any atom is -0.329 e. The van der Waals surface area contributed by atoms with Crippen molar-refractivity contribution >= 4 is 0 Å². The van der Waals surface area contributed by atoms with Gasteiger partial charge in [0.2, 0.25) is 0 Å². The van der Waals surface area contributed by atoms with Crippen molar-refractivity contribution in [2.24, 2.45) is 11.7 Å². The van der Waals surface area contributed by atoms with Gasteiger partial charge in [-0.25, -0.2) is 4.39 Å². The molecule has 1 saturated heterocycles. The predicted molar refractivity (Wildman–Crippen MR) is 72.8 cm³/mol. The molecule has 0 aliphatic carbocycles. The Balaban J connectivity index is 2.14. The largest absolute Gasteiger partial charge is 0.329 e. The van der Waals surface area contributed by atoms with Crippen LogP contribution in [-0.4, -0.2) is 24.0 Å². The summed E-state index contributed by atoms with van der Waals surface area (Å²) in [5, 5.41) is 8.87. The first-order chi connectivity index (χ1) is 9.15. The van der Waals surface area contributed by atoms with Gasteiger partial charge in [-0.15, -0.1) is 0 Å². The molecule has 2 atom stereocenters. The van der Waals surface area contributed by atoms with Crippen LogP contribution in [0.3, 0.4) is 0 Å². The molecule has 102 valence electrons. The average Bonchev–Trinajstić information content (AvgIpc) is 2.41. The maximum Gasteiger partial charge on any atom is 0.140 e. The number of nitrogens with two attached hydrogens (primary N) is 1. The van der Waals surface area contributed by atoms with E-state index in [1.54, 1.807) is 12.1 Å². The number of nitrogens with zero attached hydrogens (tertiary/aromatic N) is 2. The zero-order valence-corrected chi connectivity index (χ0v) is 11.3. The van der Waals surface area contributed by atoms with Crippen molar-refractivity contribution in [3.8, 4) is 6.07 Å². The lowest BCUT2D eigenvalue weighted by atomic mass is 9.90. The summed E-state index contributed by atoms with van der Waals surface area (Å²) in [7, 11) is 0. The predicted octanol–water partition coefficient (Wildman–Crippen LogP) is 2.26. The van der Waals surface area contributed by atoms with Crippen LogP contribution in [0, 0.1) is 23.1 Å². The minimum absolute atomic E-state index is 0.117. The summed E-state index contributed by atoms with van der Waals surface area (Å²) < 4.78 is 13.3. The van der Waals surface area contributed by atoms with Crippen LogP contribution in [0.25, 0.3) is 0 Å². The quantitative estimate of drug-likeness (QED) is 0.908. The molecule has 0 bridgehead atoms. The van der Waals surface area contributed by atoms with Crippen molar-refractivity contribution in [2.45, 2.75) is 32.4 Å². The summed E-state index contributed by atoms with van der Waals surface area (Å²) in [6.45, 7) is 4.63. The summed E-state index contributed by atoms with van der Waals surface area (Å²) in [6.07, 6.45) is 2.38. The van der Waals surface area contributed by atoms with E-state index >= 15 is 0 Å². The molecule has 2 unspecified atom stereocenters. The highest BCUT2D eigenvalue weighted by Gasteiger charge is 2.27. The highest BCUT2D eigenvalue weighted by molar-refractivity contribution is 5.34. The monoisotopic (exact) mass is 261 g/mol. The number of piperidine rings is 1. The molecule has 3 nitrogen and oxygen atoms in total. The van der Waals surface area contributed by atoms with Crippen molar-refractivity contribution in [3.05, 3.63) is 35.1 Å². The first-order valence-electron chi connectivity index (χ1n) is 6.78. The second kappa shape index (κ2) is 6.14. The van der Waals surface area contributed by atoms with E-state index in [-0.39, 0.29) is 5.56 Å². The number of likely N-dealkylation sites (tertiary alicyclic amines) is 1. The number of hydrogen-bond donors (Lipinski definition) is 1. The number of rotatable bonds is 3. The number of nitriles is 1. The van der Waals surface area contributed by atoms with Gasteiger partial charge in [-0.3, -0.25) is 4.90 Å². The first kappa shape index (κ1) is 14.0. The Kier molecular flexibility index (Phi) is 4.52. The fraction of sp³-hybridized carbons (Fsp3) is 0.533.